The molecule has 4 aromatic carbocycles. The molecule has 2 amide bonds. The van der Waals surface area contributed by atoms with Crippen molar-refractivity contribution in [3.63, 3.8) is 0 Å². The van der Waals surface area contributed by atoms with E-state index < -0.39 is 63.2 Å². The fourth-order valence-electron chi connectivity index (χ4n) is 12.2. The molecule has 1 atom stereocenters. The highest BCUT2D eigenvalue weighted by Gasteiger charge is 2.58. The maximum atomic E-state index is 14.2. The normalized spacial score (nSPS) is 16.2. The molecule has 0 saturated carbocycles. The number of carbonyl (C=O) groups is 3. The third kappa shape index (κ3) is 14.5. The summed E-state index contributed by atoms with van der Waals surface area (Å²) >= 11 is 0. The minimum atomic E-state index is -4.67. The van der Waals surface area contributed by atoms with Gasteiger partial charge < -0.3 is 28.5 Å². The number of aliphatic imine (C=N–C) groups is 4. The van der Waals surface area contributed by atoms with Crippen molar-refractivity contribution in [3.8, 4) is 0 Å². The molecule has 0 saturated heterocycles. The van der Waals surface area contributed by atoms with E-state index in [4.69, 9.17) is 43.3 Å². The predicted molar refractivity (Wildman–Crippen MR) is 346 cm³/mol. The molecule has 6 aromatic rings. The summed E-state index contributed by atoms with van der Waals surface area (Å²) in [5.74, 6) is 0.275. The summed E-state index contributed by atoms with van der Waals surface area (Å²) in [5.41, 5.74) is 4.10. The molecule has 4 aliphatic rings. The van der Waals surface area contributed by atoms with Gasteiger partial charge in [0, 0.05) is 82.6 Å². The van der Waals surface area contributed by atoms with E-state index in [1.54, 1.807) is 0 Å². The second kappa shape index (κ2) is 26.2. The van der Waals surface area contributed by atoms with Crippen LogP contribution in [0.3, 0.4) is 0 Å². The summed E-state index contributed by atoms with van der Waals surface area (Å²) in [4.78, 5) is 71.4. The summed E-state index contributed by atoms with van der Waals surface area (Å²) in [7, 11) is -19.7. The Morgan fingerprint density at radius 3 is 1.35 bits per heavy atom. The van der Waals surface area contributed by atoms with Gasteiger partial charge in [0.05, 0.1) is 31.1 Å². The van der Waals surface area contributed by atoms with Gasteiger partial charge in [-0.2, -0.15) is 16.8 Å². The summed E-state index contributed by atoms with van der Waals surface area (Å²) in [6.07, 6.45) is 3.52. The Labute approximate surface area is 514 Å². The molecule has 6 bridgehead atoms. The number of amidine groups is 4. The van der Waals surface area contributed by atoms with Crippen molar-refractivity contribution in [2.75, 3.05) is 50.8 Å². The zero-order valence-electron chi connectivity index (χ0n) is 50.2. The van der Waals surface area contributed by atoms with Gasteiger partial charge in [0.15, 0.2) is 46.5 Å². The molecule has 4 aliphatic heterocycles. The molecular weight excluding hydrogens is 1220 g/mol. The van der Waals surface area contributed by atoms with Crippen LogP contribution in [0.2, 0.25) is 38.3 Å². The molecule has 0 spiro atoms. The van der Waals surface area contributed by atoms with Crippen molar-refractivity contribution in [3.05, 3.63) is 130 Å². The molecule has 23 nitrogen and oxygen atoms in total. The number of nitrogens with one attached hydrogen (secondary N) is 2. The van der Waals surface area contributed by atoms with E-state index in [1.165, 1.54) is 0 Å². The Balaban J connectivity index is 1.11. The highest BCUT2D eigenvalue weighted by molar-refractivity contribution is 7.86. The van der Waals surface area contributed by atoms with Gasteiger partial charge in [0.1, 0.15) is 22.6 Å². The number of hydrogen-bond acceptors (Lipinski definition) is 15. The van der Waals surface area contributed by atoms with Crippen molar-refractivity contribution >= 4 is 120 Å². The lowest BCUT2D eigenvalue weighted by atomic mass is 10.1. The number of fused-ring (bicyclic) bond motifs is 14. The quantitative estimate of drug-likeness (QED) is 0.0126. The second-order valence-electron chi connectivity index (χ2n) is 24.2. The van der Waals surface area contributed by atoms with Gasteiger partial charge in [0.25, 0.3) is 26.1 Å². The lowest BCUT2D eigenvalue weighted by Gasteiger charge is -2.43. The van der Waals surface area contributed by atoms with Gasteiger partial charge in [-0.3, -0.25) is 32.0 Å². The minimum Gasteiger partial charge on any atom is -0.481 e. The van der Waals surface area contributed by atoms with Gasteiger partial charge in [-0.15, -0.1) is 0 Å². The predicted octanol–water partition coefficient (Wildman–Crippen LogP) is 7.65. The maximum Gasteiger partial charge on any atom is 0.582 e. The van der Waals surface area contributed by atoms with Crippen molar-refractivity contribution in [2.45, 2.75) is 109 Å². The van der Waals surface area contributed by atoms with Gasteiger partial charge in [-0.1, -0.05) is 110 Å². The zero-order valence-corrected chi connectivity index (χ0v) is 54.9. The van der Waals surface area contributed by atoms with E-state index in [0.717, 1.165) is 50.2 Å². The SMILES string of the molecule is CCCC[N+](CCCS(=O)(=O)O)(CCCS(=O)(=O)O)CC(=O)NCCC[Si](C)(C)O[Si]1(O[Si](C)(C)CCCNC(=O)CCCCC(=O)O)n2c3c4ccccc4c2N=C2N=C(N=c4c5ccccc5c(n41)=NC1=NC(=N3)c3ccccc31)c1ccccc12. The lowest BCUT2D eigenvalue weighted by Crippen LogP contribution is -2.70. The van der Waals surface area contributed by atoms with Gasteiger partial charge in [-0.25, -0.2) is 30.0 Å². The Hall–Kier alpha value is -7.00. The van der Waals surface area contributed by atoms with Crippen LogP contribution in [-0.2, 0) is 42.9 Å². The highest BCUT2D eigenvalue weighted by Crippen LogP contribution is 2.45. The number of aliphatic carboxylic acids is 1. The first kappa shape index (κ1) is 64.0. The number of aromatic nitrogens is 2. The average Bonchev–Trinajstić information content (AvgIpc) is 1.66. The first-order chi connectivity index (χ1) is 41.9. The first-order valence-corrected chi connectivity index (χ1v) is 41.2. The summed E-state index contributed by atoms with van der Waals surface area (Å²) in [6.45, 7) is 11.8. The van der Waals surface area contributed by atoms with Crippen LogP contribution in [0.5, 0.6) is 0 Å². The van der Waals surface area contributed by atoms with Crippen LogP contribution in [0.4, 0.5) is 11.6 Å². The average molecular weight is 1290 g/mol. The van der Waals surface area contributed by atoms with E-state index in [0.29, 0.717) is 103 Å². The second-order valence-corrected chi connectivity index (χ2v) is 39.0. The van der Waals surface area contributed by atoms with Crippen LogP contribution in [0.25, 0.3) is 21.5 Å². The third-order valence-electron chi connectivity index (χ3n) is 16.3. The maximum absolute atomic E-state index is 14.2. The molecule has 10 rings (SSSR count). The third-order valence-corrected chi connectivity index (χ3v) is 29.5. The van der Waals surface area contributed by atoms with E-state index in [2.05, 4.69) is 45.3 Å². The molecule has 88 heavy (non-hydrogen) atoms. The molecule has 5 N–H and O–H groups in total. The smallest absolute Gasteiger partial charge is 0.481 e. The van der Waals surface area contributed by atoms with E-state index in [1.807, 2.05) is 104 Å². The largest absolute Gasteiger partial charge is 0.582 e. The number of rotatable bonds is 30. The molecule has 6 heterocycles. The number of unbranched alkanes of at least 4 members (excludes halogenated alkanes) is 2. The molecule has 28 heteroatoms. The lowest BCUT2D eigenvalue weighted by molar-refractivity contribution is -0.921. The number of carboxylic acid groups (broad SMARTS) is 1. The fourth-order valence-corrected chi connectivity index (χ4v) is 25.8. The number of benzene rings is 4. The minimum absolute atomic E-state index is 0.00609. The Morgan fingerprint density at radius 1 is 0.523 bits per heavy atom. The standard InChI is InChI=1S/C60H75N11O12S2Si3/c1-6-7-34-71(35-20-37-84(76,77)78,36-21-38-85(79,80)81)41-51(73)62-33-19-40-87(4,5)83-88(82-86(2,3)39-18-32-61-50(72)30-16-17-31-52(74)75)69-57-46-26-12-13-27-47(46)59(69)67-55-44-24-10-11-25-45(44)56(64-55)68-60-49-29-15-14-28-48(49)58(70(60)88)66-54-43-23-9-8-22-42(43)53(63-54)65-57/h8-15,22-29H,6-7,16-21,30-41H2,1-5H3,(H4-,61,62,72,73,74,75,76,77,78,79,80,81)/p+1. The van der Waals surface area contributed by atoms with E-state index >= 15 is 0 Å². The number of nitrogens with zero attached hydrogens (tertiary/aromatic N) is 9. The van der Waals surface area contributed by atoms with Crippen LogP contribution in [0.1, 0.15) is 93.4 Å². The molecule has 0 radical (unpaired) electrons. The topological polar surface area (TPSA) is 307 Å². The molecular formula is C60H76N11O12S2Si3+. The molecule has 0 fully saturated rings. The number of quaternary nitrogens is 1. The number of hydrogen-bond donors (Lipinski definition) is 5. The summed E-state index contributed by atoms with van der Waals surface area (Å²) in [6, 6.07) is 32.7. The van der Waals surface area contributed by atoms with Crippen molar-refractivity contribution in [1.82, 2.24) is 19.1 Å². The molecule has 2 aromatic heterocycles. The zero-order chi connectivity index (χ0) is 62.7. The van der Waals surface area contributed by atoms with Crippen LogP contribution in [0, 0.1) is 0 Å². The van der Waals surface area contributed by atoms with Crippen molar-refractivity contribution in [2.24, 2.45) is 30.0 Å². The Kier molecular flexibility index (Phi) is 19.1. The van der Waals surface area contributed by atoms with Crippen LogP contribution < -0.4 is 21.6 Å². The monoisotopic (exact) mass is 1290 g/mol. The highest BCUT2D eigenvalue weighted by atomic mass is 32.2. The van der Waals surface area contributed by atoms with Gasteiger partial charge in [-0.05, 0) is 70.4 Å². The first-order valence-electron chi connectivity index (χ1n) is 30.0. The van der Waals surface area contributed by atoms with Crippen LogP contribution >= 0.6 is 0 Å². The van der Waals surface area contributed by atoms with Crippen LogP contribution in [0.15, 0.2) is 127 Å². The van der Waals surface area contributed by atoms with Crippen molar-refractivity contribution in [1.29, 1.82) is 0 Å². The van der Waals surface area contributed by atoms with Crippen molar-refractivity contribution < 1.29 is 58.1 Å². The van der Waals surface area contributed by atoms with Gasteiger partial charge >= 0.3 is 14.9 Å². The van der Waals surface area contributed by atoms with E-state index in [-0.39, 0.29) is 68.2 Å². The van der Waals surface area contributed by atoms with Crippen LogP contribution in [-0.4, -0.2) is 161 Å². The van der Waals surface area contributed by atoms with E-state index in [9.17, 15) is 40.3 Å². The number of carbonyl (C=O) groups excluding carboxylic acids is 2. The summed E-state index contributed by atoms with van der Waals surface area (Å²) < 4.78 is 87.6. The molecule has 0 aliphatic carbocycles. The molecule has 1 unspecified atom stereocenters. The fraction of sp³-hybridized carbons (Fsp3) is 0.417. The number of amides is 2. The Morgan fingerprint density at radius 2 is 0.920 bits per heavy atom. The molecule has 466 valence electrons. The number of carboxylic acids is 1. The van der Waals surface area contributed by atoms with Gasteiger partial charge in [0.2, 0.25) is 5.91 Å². The summed E-state index contributed by atoms with van der Waals surface area (Å²) in [5, 5.41) is 18.3. The Bertz CT molecular complexity index is 4020.